The van der Waals surface area contributed by atoms with Gasteiger partial charge < -0.3 is 14.6 Å². The fourth-order valence-corrected chi connectivity index (χ4v) is 3.06. The number of hydrogen-bond donors (Lipinski definition) is 1. The minimum atomic E-state index is -0.336. The highest BCUT2D eigenvalue weighted by Gasteiger charge is 2.41. The van der Waals surface area contributed by atoms with Crippen molar-refractivity contribution in [3.8, 4) is 0 Å². The molecular formula is C15H27N3O2. The summed E-state index contributed by atoms with van der Waals surface area (Å²) in [5.41, 5.74) is -0.336. The molecule has 0 spiro atoms. The van der Waals surface area contributed by atoms with Gasteiger partial charge in [0.25, 0.3) is 0 Å². The van der Waals surface area contributed by atoms with Crippen molar-refractivity contribution in [3.63, 3.8) is 0 Å². The number of nitrogens with one attached hydrogen (secondary N) is 1. The van der Waals surface area contributed by atoms with E-state index in [0.717, 1.165) is 31.5 Å². The highest BCUT2D eigenvalue weighted by atomic mass is 16.5. The molecule has 20 heavy (non-hydrogen) atoms. The molecule has 0 amide bonds. The third kappa shape index (κ3) is 3.38. The van der Waals surface area contributed by atoms with Crippen LogP contribution in [-0.4, -0.2) is 29.8 Å². The Morgan fingerprint density at radius 3 is 3.00 bits per heavy atom. The highest BCUT2D eigenvalue weighted by molar-refractivity contribution is 5.04. The quantitative estimate of drug-likeness (QED) is 0.868. The molecule has 0 aromatic carbocycles. The molecule has 0 bridgehead atoms. The summed E-state index contributed by atoms with van der Waals surface area (Å²) in [5.74, 6) is 2.08. The lowest BCUT2D eigenvalue weighted by Gasteiger charge is -2.37. The van der Waals surface area contributed by atoms with Crippen molar-refractivity contribution in [1.82, 2.24) is 15.5 Å². The van der Waals surface area contributed by atoms with E-state index in [4.69, 9.17) is 9.26 Å². The zero-order valence-electron chi connectivity index (χ0n) is 13.1. The Balaban J connectivity index is 2.17. The summed E-state index contributed by atoms with van der Waals surface area (Å²) in [5, 5.41) is 7.40. The van der Waals surface area contributed by atoms with Crippen LogP contribution in [0.4, 0.5) is 0 Å². The van der Waals surface area contributed by atoms with Crippen molar-refractivity contribution in [2.75, 3.05) is 13.7 Å². The Morgan fingerprint density at radius 1 is 1.55 bits per heavy atom. The van der Waals surface area contributed by atoms with Crippen LogP contribution < -0.4 is 5.32 Å². The predicted molar refractivity (Wildman–Crippen MR) is 77.5 cm³/mol. The van der Waals surface area contributed by atoms with E-state index < -0.39 is 0 Å². The van der Waals surface area contributed by atoms with Gasteiger partial charge >= 0.3 is 0 Å². The van der Waals surface area contributed by atoms with Crippen LogP contribution in [0.1, 0.15) is 58.2 Å². The van der Waals surface area contributed by atoms with E-state index in [0.29, 0.717) is 24.5 Å². The summed E-state index contributed by atoms with van der Waals surface area (Å²) in [6, 6.07) is 0.330. The summed E-state index contributed by atoms with van der Waals surface area (Å²) >= 11 is 0. The molecule has 0 aliphatic heterocycles. The van der Waals surface area contributed by atoms with E-state index in [1.54, 1.807) is 0 Å². The maximum atomic E-state index is 6.07. The Morgan fingerprint density at radius 2 is 2.35 bits per heavy atom. The van der Waals surface area contributed by atoms with Crippen LogP contribution in [0.15, 0.2) is 4.52 Å². The lowest BCUT2D eigenvalue weighted by molar-refractivity contribution is -0.0891. The van der Waals surface area contributed by atoms with E-state index in [-0.39, 0.29) is 5.60 Å². The van der Waals surface area contributed by atoms with Crippen LogP contribution in [-0.2, 0) is 16.8 Å². The van der Waals surface area contributed by atoms with Crippen LogP contribution in [0, 0.1) is 5.92 Å². The molecule has 1 aromatic rings. The van der Waals surface area contributed by atoms with Crippen LogP contribution >= 0.6 is 0 Å². The third-order valence-corrected chi connectivity index (χ3v) is 4.23. The normalized spacial score (nSPS) is 28.5. The average molecular weight is 281 g/mol. The number of aromatic nitrogens is 2. The molecule has 5 heteroatoms. The maximum absolute atomic E-state index is 6.07. The minimum Gasteiger partial charge on any atom is -0.367 e. The van der Waals surface area contributed by atoms with Crippen molar-refractivity contribution < 1.29 is 9.26 Å². The van der Waals surface area contributed by atoms with Crippen molar-refractivity contribution >= 4 is 0 Å². The molecule has 0 saturated heterocycles. The molecule has 0 radical (unpaired) electrons. The van der Waals surface area contributed by atoms with Gasteiger partial charge in [0.05, 0.1) is 0 Å². The van der Waals surface area contributed by atoms with E-state index in [1.807, 2.05) is 14.0 Å². The summed E-state index contributed by atoms with van der Waals surface area (Å²) in [7, 11) is 1.94. The third-order valence-electron chi connectivity index (χ3n) is 4.23. The molecule has 1 N–H and O–H groups in total. The second kappa shape index (κ2) is 6.68. The summed E-state index contributed by atoms with van der Waals surface area (Å²) < 4.78 is 11.5. The van der Waals surface area contributed by atoms with Crippen LogP contribution in [0.5, 0.6) is 0 Å². The first-order chi connectivity index (χ1) is 9.59. The van der Waals surface area contributed by atoms with Gasteiger partial charge in [0, 0.05) is 19.1 Å². The van der Waals surface area contributed by atoms with Crippen molar-refractivity contribution in [2.45, 2.75) is 64.5 Å². The number of likely N-dealkylation sites (N-methyl/N-ethyl adjacent to an activating group) is 1. The van der Waals surface area contributed by atoms with Crippen LogP contribution in [0.25, 0.3) is 0 Å². The van der Waals surface area contributed by atoms with E-state index in [2.05, 4.69) is 29.3 Å². The molecule has 114 valence electrons. The van der Waals surface area contributed by atoms with Crippen molar-refractivity contribution in [3.05, 3.63) is 11.7 Å². The minimum absolute atomic E-state index is 0.330. The number of rotatable bonds is 6. The van der Waals surface area contributed by atoms with E-state index >= 15 is 0 Å². The molecule has 1 aliphatic carbocycles. The fraction of sp³-hybridized carbons (Fsp3) is 0.867. The lowest BCUT2D eigenvalue weighted by Crippen LogP contribution is -2.36. The van der Waals surface area contributed by atoms with Gasteiger partial charge in [0.15, 0.2) is 0 Å². The zero-order valence-corrected chi connectivity index (χ0v) is 13.1. The largest absolute Gasteiger partial charge is 0.367 e. The van der Waals surface area contributed by atoms with E-state index in [1.165, 1.54) is 6.42 Å². The van der Waals surface area contributed by atoms with E-state index in [9.17, 15) is 0 Å². The predicted octanol–water partition coefficient (Wildman–Crippen LogP) is 2.66. The average Bonchev–Trinajstić information content (AvgIpc) is 2.88. The summed E-state index contributed by atoms with van der Waals surface area (Å²) in [4.78, 5) is 4.60. The SMILES string of the molecule is CCOC1(c2noc(CC(C)NC)n2)CCCC(C)C1. The van der Waals surface area contributed by atoms with Gasteiger partial charge in [-0.05, 0) is 46.1 Å². The number of nitrogens with zero attached hydrogens (tertiary/aromatic N) is 2. The molecule has 5 nitrogen and oxygen atoms in total. The lowest BCUT2D eigenvalue weighted by atomic mass is 9.78. The van der Waals surface area contributed by atoms with Crippen molar-refractivity contribution in [1.29, 1.82) is 0 Å². The molecular weight excluding hydrogens is 254 g/mol. The first kappa shape index (κ1) is 15.4. The van der Waals surface area contributed by atoms with Gasteiger partial charge in [0.2, 0.25) is 11.7 Å². The molecule has 3 unspecified atom stereocenters. The number of hydrogen-bond acceptors (Lipinski definition) is 5. The van der Waals surface area contributed by atoms with Crippen molar-refractivity contribution in [2.24, 2.45) is 5.92 Å². The second-order valence-corrected chi connectivity index (χ2v) is 6.03. The zero-order chi connectivity index (χ0) is 14.6. The Labute approximate surface area is 121 Å². The first-order valence-electron chi connectivity index (χ1n) is 7.74. The fourth-order valence-electron chi connectivity index (χ4n) is 3.06. The topological polar surface area (TPSA) is 60.2 Å². The van der Waals surface area contributed by atoms with Gasteiger partial charge in [-0.3, -0.25) is 0 Å². The van der Waals surface area contributed by atoms with Gasteiger partial charge in [-0.2, -0.15) is 4.98 Å². The molecule has 1 aromatic heterocycles. The summed E-state index contributed by atoms with van der Waals surface area (Å²) in [6.45, 7) is 7.09. The van der Waals surface area contributed by atoms with Gasteiger partial charge in [-0.25, -0.2) is 0 Å². The second-order valence-electron chi connectivity index (χ2n) is 6.03. The Hall–Kier alpha value is -0.940. The molecule has 1 saturated carbocycles. The molecule has 1 heterocycles. The Bertz CT molecular complexity index is 417. The highest BCUT2D eigenvalue weighted by Crippen LogP contribution is 2.41. The number of ether oxygens (including phenoxy) is 1. The summed E-state index contributed by atoms with van der Waals surface area (Å²) in [6.07, 6.45) is 5.16. The molecule has 1 fully saturated rings. The molecule has 1 aliphatic rings. The standard InChI is InChI=1S/C15H27N3O2/c1-5-19-15(8-6-7-11(2)10-15)14-17-13(20-18-14)9-12(3)16-4/h11-12,16H,5-10H2,1-4H3. The smallest absolute Gasteiger partial charge is 0.228 e. The molecule has 3 atom stereocenters. The van der Waals surface area contributed by atoms with Gasteiger partial charge in [-0.15, -0.1) is 0 Å². The van der Waals surface area contributed by atoms with Crippen LogP contribution in [0.3, 0.4) is 0 Å². The van der Waals surface area contributed by atoms with Crippen LogP contribution in [0.2, 0.25) is 0 Å². The monoisotopic (exact) mass is 281 g/mol. The van der Waals surface area contributed by atoms with Gasteiger partial charge in [0.1, 0.15) is 5.60 Å². The Kier molecular flexibility index (Phi) is 5.16. The van der Waals surface area contributed by atoms with Gasteiger partial charge in [-0.1, -0.05) is 18.5 Å². The molecule has 2 rings (SSSR count). The maximum Gasteiger partial charge on any atom is 0.228 e. The first-order valence-corrected chi connectivity index (χ1v) is 7.74.